The van der Waals surface area contributed by atoms with Crippen molar-refractivity contribution in [1.29, 1.82) is 0 Å². The summed E-state index contributed by atoms with van der Waals surface area (Å²) in [6.45, 7) is 3.39. The van der Waals surface area contributed by atoms with Gasteiger partial charge in [-0.1, -0.05) is 11.6 Å². The van der Waals surface area contributed by atoms with Crippen LogP contribution in [0.25, 0.3) is 0 Å². The van der Waals surface area contributed by atoms with E-state index in [1.807, 2.05) is 6.92 Å². The third kappa shape index (κ3) is 3.58. The number of ether oxygens (including phenoxy) is 1. The molecule has 1 saturated heterocycles. The Hall–Kier alpha value is -1.33. The number of pyridine rings is 1. The van der Waals surface area contributed by atoms with Crippen LogP contribution in [0, 0.1) is 0 Å². The maximum Gasteiger partial charge on any atom is 0.251 e. The molecule has 1 aromatic heterocycles. The average Bonchev–Trinajstić information content (AvgIpc) is 2.38. The number of rotatable bonds is 3. The standard InChI is InChI=1S/C13H18ClN3O2/c1-13(3-5-19-6-4-13)17-12(18)9-7-10(14)16-11(8-9)15-2/h7-8H,3-6H2,1-2H3,(H,15,16)(H,17,18). The highest BCUT2D eigenvalue weighted by Crippen LogP contribution is 2.21. The molecule has 1 aliphatic heterocycles. The highest BCUT2D eigenvalue weighted by atomic mass is 35.5. The Labute approximate surface area is 117 Å². The monoisotopic (exact) mass is 283 g/mol. The molecule has 0 aliphatic carbocycles. The molecule has 104 valence electrons. The lowest BCUT2D eigenvalue weighted by Crippen LogP contribution is -2.49. The predicted octanol–water partition coefficient (Wildman–Crippen LogP) is 2.08. The molecule has 0 bridgehead atoms. The van der Waals surface area contributed by atoms with Crippen molar-refractivity contribution in [2.45, 2.75) is 25.3 Å². The first-order chi connectivity index (χ1) is 9.02. The van der Waals surface area contributed by atoms with E-state index in [0.717, 1.165) is 12.8 Å². The molecule has 1 amide bonds. The Kier molecular flexibility index (Phi) is 4.27. The van der Waals surface area contributed by atoms with E-state index in [-0.39, 0.29) is 11.4 Å². The van der Waals surface area contributed by atoms with Crippen LogP contribution in [0.1, 0.15) is 30.1 Å². The molecule has 0 spiro atoms. The van der Waals surface area contributed by atoms with Gasteiger partial charge in [0.25, 0.3) is 5.91 Å². The lowest BCUT2D eigenvalue weighted by molar-refractivity contribution is 0.0423. The van der Waals surface area contributed by atoms with Crippen molar-refractivity contribution < 1.29 is 9.53 Å². The van der Waals surface area contributed by atoms with Gasteiger partial charge in [-0.3, -0.25) is 4.79 Å². The second-order valence-electron chi connectivity index (χ2n) is 4.94. The molecule has 0 atom stereocenters. The van der Waals surface area contributed by atoms with E-state index in [2.05, 4.69) is 15.6 Å². The third-order valence-electron chi connectivity index (χ3n) is 3.32. The number of nitrogens with zero attached hydrogens (tertiary/aromatic N) is 1. The van der Waals surface area contributed by atoms with E-state index in [0.29, 0.717) is 29.7 Å². The van der Waals surface area contributed by atoms with Gasteiger partial charge in [0.2, 0.25) is 0 Å². The van der Waals surface area contributed by atoms with E-state index in [1.165, 1.54) is 0 Å². The lowest BCUT2D eigenvalue weighted by Gasteiger charge is -2.34. The minimum absolute atomic E-state index is 0.134. The number of anilines is 1. The highest BCUT2D eigenvalue weighted by Gasteiger charge is 2.29. The van der Waals surface area contributed by atoms with Crippen LogP contribution >= 0.6 is 11.6 Å². The van der Waals surface area contributed by atoms with Gasteiger partial charge in [-0.05, 0) is 31.9 Å². The van der Waals surface area contributed by atoms with Gasteiger partial charge in [-0.25, -0.2) is 4.98 Å². The molecule has 0 unspecified atom stereocenters. The van der Waals surface area contributed by atoms with E-state index in [1.54, 1.807) is 19.2 Å². The molecular weight excluding hydrogens is 266 g/mol. The fraction of sp³-hybridized carbons (Fsp3) is 0.538. The normalized spacial score (nSPS) is 17.8. The molecule has 19 heavy (non-hydrogen) atoms. The number of carbonyl (C=O) groups excluding carboxylic acids is 1. The SMILES string of the molecule is CNc1cc(C(=O)NC2(C)CCOCC2)cc(Cl)n1. The van der Waals surface area contributed by atoms with Gasteiger partial charge in [0.15, 0.2) is 0 Å². The molecule has 5 nitrogen and oxygen atoms in total. The molecule has 1 fully saturated rings. The maximum absolute atomic E-state index is 12.3. The Morgan fingerprint density at radius 1 is 1.42 bits per heavy atom. The topological polar surface area (TPSA) is 63.2 Å². The summed E-state index contributed by atoms with van der Waals surface area (Å²) >= 11 is 5.90. The lowest BCUT2D eigenvalue weighted by atomic mass is 9.92. The quantitative estimate of drug-likeness (QED) is 0.834. The van der Waals surface area contributed by atoms with Crippen LogP contribution < -0.4 is 10.6 Å². The van der Waals surface area contributed by atoms with Crippen LogP contribution in [0.5, 0.6) is 0 Å². The fourth-order valence-corrected chi connectivity index (χ4v) is 2.26. The van der Waals surface area contributed by atoms with Crippen LogP contribution in [0.4, 0.5) is 5.82 Å². The number of carbonyl (C=O) groups is 1. The smallest absolute Gasteiger partial charge is 0.251 e. The molecule has 1 aromatic rings. The van der Waals surface area contributed by atoms with Gasteiger partial charge in [0, 0.05) is 31.4 Å². The van der Waals surface area contributed by atoms with E-state index in [4.69, 9.17) is 16.3 Å². The number of hydrogen-bond donors (Lipinski definition) is 2. The van der Waals surface area contributed by atoms with Crippen molar-refractivity contribution in [2.75, 3.05) is 25.6 Å². The second kappa shape index (κ2) is 5.75. The molecule has 6 heteroatoms. The zero-order valence-electron chi connectivity index (χ0n) is 11.1. The van der Waals surface area contributed by atoms with Crippen LogP contribution in [-0.2, 0) is 4.74 Å². The van der Waals surface area contributed by atoms with Crippen molar-refractivity contribution in [2.24, 2.45) is 0 Å². The molecule has 0 aromatic carbocycles. The summed E-state index contributed by atoms with van der Waals surface area (Å²) in [5, 5.41) is 6.24. The largest absolute Gasteiger partial charge is 0.381 e. The van der Waals surface area contributed by atoms with E-state index < -0.39 is 0 Å². The van der Waals surface area contributed by atoms with Gasteiger partial charge < -0.3 is 15.4 Å². The van der Waals surface area contributed by atoms with Crippen LogP contribution in [0.15, 0.2) is 12.1 Å². The highest BCUT2D eigenvalue weighted by molar-refractivity contribution is 6.29. The van der Waals surface area contributed by atoms with Crippen LogP contribution in [0.2, 0.25) is 5.15 Å². The number of halogens is 1. The van der Waals surface area contributed by atoms with Crippen molar-refractivity contribution in [3.8, 4) is 0 Å². The van der Waals surface area contributed by atoms with Crippen LogP contribution in [0.3, 0.4) is 0 Å². The molecule has 0 saturated carbocycles. The number of hydrogen-bond acceptors (Lipinski definition) is 4. The van der Waals surface area contributed by atoms with Crippen molar-refractivity contribution in [1.82, 2.24) is 10.3 Å². The molecule has 2 N–H and O–H groups in total. The first-order valence-electron chi connectivity index (χ1n) is 6.28. The first-order valence-corrected chi connectivity index (χ1v) is 6.66. The Morgan fingerprint density at radius 3 is 2.74 bits per heavy atom. The Balaban J connectivity index is 2.13. The Morgan fingerprint density at radius 2 is 2.11 bits per heavy atom. The molecule has 0 radical (unpaired) electrons. The summed E-state index contributed by atoms with van der Waals surface area (Å²) in [6, 6.07) is 3.25. The fourth-order valence-electron chi connectivity index (χ4n) is 2.05. The summed E-state index contributed by atoms with van der Waals surface area (Å²) in [5.41, 5.74) is 0.294. The zero-order chi connectivity index (χ0) is 13.9. The average molecular weight is 284 g/mol. The zero-order valence-corrected chi connectivity index (χ0v) is 11.9. The van der Waals surface area contributed by atoms with Gasteiger partial charge in [-0.15, -0.1) is 0 Å². The minimum atomic E-state index is -0.217. The summed E-state index contributed by atoms with van der Waals surface area (Å²) in [4.78, 5) is 16.3. The third-order valence-corrected chi connectivity index (χ3v) is 3.52. The van der Waals surface area contributed by atoms with Crippen molar-refractivity contribution in [3.05, 3.63) is 22.8 Å². The summed E-state index contributed by atoms with van der Waals surface area (Å²) in [5.74, 6) is 0.444. The van der Waals surface area contributed by atoms with E-state index >= 15 is 0 Å². The summed E-state index contributed by atoms with van der Waals surface area (Å²) in [6.07, 6.45) is 1.63. The number of amides is 1. The van der Waals surface area contributed by atoms with Crippen LogP contribution in [-0.4, -0.2) is 36.7 Å². The van der Waals surface area contributed by atoms with Gasteiger partial charge in [0.1, 0.15) is 11.0 Å². The minimum Gasteiger partial charge on any atom is -0.381 e. The van der Waals surface area contributed by atoms with Crippen molar-refractivity contribution in [3.63, 3.8) is 0 Å². The molecule has 1 aliphatic rings. The van der Waals surface area contributed by atoms with Gasteiger partial charge in [-0.2, -0.15) is 0 Å². The summed E-state index contributed by atoms with van der Waals surface area (Å²) < 4.78 is 5.32. The summed E-state index contributed by atoms with van der Waals surface area (Å²) in [7, 11) is 1.74. The van der Waals surface area contributed by atoms with Gasteiger partial charge in [0.05, 0.1) is 0 Å². The molecular formula is C13H18ClN3O2. The first kappa shape index (κ1) is 14.1. The maximum atomic E-state index is 12.3. The van der Waals surface area contributed by atoms with Crippen molar-refractivity contribution >= 4 is 23.3 Å². The number of nitrogens with one attached hydrogen (secondary N) is 2. The molecule has 2 rings (SSSR count). The predicted molar refractivity (Wildman–Crippen MR) is 74.7 cm³/mol. The van der Waals surface area contributed by atoms with E-state index in [9.17, 15) is 4.79 Å². The second-order valence-corrected chi connectivity index (χ2v) is 5.33. The van der Waals surface area contributed by atoms with Gasteiger partial charge >= 0.3 is 0 Å². The molecule has 2 heterocycles. The Bertz CT molecular complexity index is 473. The number of aromatic nitrogens is 1.